The number of hydrogen-bond acceptors (Lipinski definition) is 3. The van der Waals surface area contributed by atoms with Gasteiger partial charge in [0, 0.05) is 32.1 Å². The first kappa shape index (κ1) is 18.9. The lowest BCUT2D eigenvalue weighted by Gasteiger charge is -2.34. The van der Waals surface area contributed by atoms with E-state index in [4.69, 9.17) is 5.73 Å². The van der Waals surface area contributed by atoms with Gasteiger partial charge in [0.05, 0.1) is 0 Å². The van der Waals surface area contributed by atoms with Gasteiger partial charge in [0.15, 0.2) is 0 Å². The Balaban J connectivity index is 1.56. The van der Waals surface area contributed by atoms with Gasteiger partial charge >= 0.3 is 0 Å². The van der Waals surface area contributed by atoms with E-state index < -0.39 is 0 Å². The van der Waals surface area contributed by atoms with E-state index >= 15 is 0 Å². The first-order valence-electron chi connectivity index (χ1n) is 9.34. The first-order valence-corrected chi connectivity index (χ1v) is 9.34. The number of amides is 1. The van der Waals surface area contributed by atoms with E-state index in [0.717, 1.165) is 43.3 Å². The van der Waals surface area contributed by atoms with Gasteiger partial charge in [0.1, 0.15) is 0 Å². The van der Waals surface area contributed by atoms with Crippen molar-refractivity contribution in [1.82, 2.24) is 10.2 Å². The highest BCUT2D eigenvalue weighted by Gasteiger charge is 2.20. The number of benzene rings is 1. The van der Waals surface area contributed by atoms with E-state index in [9.17, 15) is 4.79 Å². The first-order chi connectivity index (χ1) is 11.5. The van der Waals surface area contributed by atoms with Crippen molar-refractivity contribution in [3.8, 4) is 0 Å². The van der Waals surface area contributed by atoms with Crippen molar-refractivity contribution in [3.05, 3.63) is 35.9 Å². The van der Waals surface area contributed by atoms with Crippen molar-refractivity contribution in [3.63, 3.8) is 0 Å². The summed E-state index contributed by atoms with van der Waals surface area (Å²) in [4.78, 5) is 14.6. The van der Waals surface area contributed by atoms with Crippen LogP contribution in [0.15, 0.2) is 30.3 Å². The molecular formula is C20H33N3O. The van der Waals surface area contributed by atoms with Gasteiger partial charge in [0.2, 0.25) is 5.91 Å². The monoisotopic (exact) mass is 331 g/mol. The Bertz CT molecular complexity index is 481. The summed E-state index contributed by atoms with van der Waals surface area (Å²) in [6.07, 6.45) is 3.88. The lowest BCUT2D eigenvalue weighted by molar-refractivity contribution is -0.121. The van der Waals surface area contributed by atoms with Crippen LogP contribution in [0.5, 0.6) is 0 Å². The minimum Gasteiger partial charge on any atom is -0.356 e. The minimum atomic E-state index is -0.220. The van der Waals surface area contributed by atoms with Crippen molar-refractivity contribution in [1.29, 1.82) is 0 Å². The zero-order valence-corrected chi connectivity index (χ0v) is 15.2. The van der Waals surface area contributed by atoms with Gasteiger partial charge in [-0.15, -0.1) is 0 Å². The molecule has 1 amide bonds. The van der Waals surface area contributed by atoms with Gasteiger partial charge in [-0.2, -0.15) is 0 Å². The number of carbonyl (C=O) groups excluding carboxylic acids is 1. The van der Waals surface area contributed by atoms with E-state index in [1.165, 1.54) is 19.5 Å². The maximum atomic E-state index is 12.0. The van der Waals surface area contributed by atoms with Crippen molar-refractivity contribution in [2.24, 2.45) is 17.6 Å². The molecule has 1 fully saturated rings. The molecular weight excluding hydrogens is 298 g/mol. The predicted octanol–water partition coefficient (Wildman–Crippen LogP) is 2.95. The van der Waals surface area contributed by atoms with Gasteiger partial charge in [-0.05, 0) is 43.2 Å². The van der Waals surface area contributed by atoms with Crippen LogP contribution in [0.25, 0.3) is 0 Å². The molecule has 2 rings (SSSR count). The van der Waals surface area contributed by atoms with Crippen LogP contribution in [0.4, 0.5) is 0 Å². The Morgan fingerprint density at radius 1 is 1.21 bits per heavy atom. The molecule has 0 radical (unpaired) electrons. The van der Waals surface area contributed by atoms with Crippen LogP contribution in [0.3, 0.4) is 0 Å². The average Bonchev–Trinajstić information content (AvgIpc) is 2.54. The third kappa shape index (κ3) is 6.62. The number of rotatable bonds is 8. The average molecular weight is 332 g/mol. The van der Waals surface area contributed by atoms with Gasteiger partial charge < -0.3 is 16.0 Å². The van der Waals surface area contributed by atoms with E-state index in [0.29, 0.717) is 6.42 Å². The molecule has 1 aliphatic heterocycles. The highest BCUT2D eigenvalue weighted by molar-refractivity contribution is 5.76. The number of unbranched alkanes of at least 4 members (excludes halogenated alkanes) is 1. The lowest BCUT2D eigenvalue weighted by Crippen LogP contribution is -2.39. The number of nitrogens with zero attached hydrogens (tertiary/aromatic N) is 1. The molecule has 1 heterocycles. The van der Waals surface area contributed by atoms with Crippen LogP contribution >= 0.6 is 0 Å². The largest absolute Gasteiger partial charge is 0.356 e. The van der Waals surface area contributed by atoms with E-state index in [1.807, 2.05) is 30.3 Å². The molecule has 0 saturated carbocycles. The summed E-state index contributed by atoms with van der Waals surface area (Å²) >= 11 is 0. The fraction of sp³-hybridized carbons (Fsp3) is 0.650. The second-order valence-corrected chi connectivity index (χ2v) is 7.48. The third-order valence-corrected chi connectivity index (χ3v) is 4.80. The van der Waals surface area contributed by atoms with Gasteiger partial charge in [-0.25, -0.2) is 0 Å². The second-order valence-electron chi connectivity index (χ2n) is 7.48. The summed E-state index contributed by atoms with van der Waals surface area (Å²) in [5.74, 6) is 1.67. The number of nitrogens with one attached hydrogen (secondary N) is 1. The van der Waals surface area contributed by atoms with Gasteiger partial charge in [-0.1, -0.05) is 44.2 Å². The summed E-state index contributed by atoms with van der Waals surface area (Å²) in [7, 11) is 0. The molecule has 0 aromatic heterocycles. The number of hydrogen-bond donors (Lipinski definition) is 2. The minimum absolute atomic E-state index is 0.0478. The molecule has 4 heteroatoms. The molecule has 1 aromatic carbocycles. The SMILES string of the molecule is CC1CC(C)CN(CCCCNC(=O)CC(N)c2ccccc2)C1. The molecule has 1 aromatic rings. The maximum absolute atomic E-state index is 12.0. The molecule has 134 valence electrons. The molecule has 3 unspecified atom stereocenters. The van der Waals surface area contributed by atoms with Gasteiger partial charge in [-0.3, -0.25) is 4.79 Å². The van der Waals surface area contributed by atoms with Crippen LogP contribution in [-0.2, 0) is 4.79 Å². The van der Waals surface area contributed by atoms with Crippen molar-refractivity contribution >= 4 is 5.91 Å². The van der Waals surface area contributed by atoms with Crippen LogP contribution in [-0.4, -0.2) is 37.0 Å². The van der Waals surface area contributed by atoms with Crippen LogP contribution < -0.4 is 11.1 Å². The Hall–Kier alpha value is -1.39. The summed E-state index contributed by atoms with van der Waals surface area (Å²) in [5.41, 5.74) is 7.10. The van der Waals surface area contributed by atoms with Crippen molar-refractivity contribution < 1.29 is 4.79 Å². The fourth-order valence-electron chi connectivity index (χ4n) is 3.75. The van der Waals surface area contributed by atoms with Gasteiger partial charge in [0.25, 0.3) is 0 Å². The Morgan fingerprint density at radius 3 is 2.54 bits per heavy atom. The van der Waals surface area contributed by atoms with Crippen LogP contribution in [0.1, 0.15) is 51.1 Å². The standard InChI is InChI=1S/C20H33N3O/c1-16-12-17(2)15-23(14-16)11-7-6-10-22-20(24)13-19(21)18-8-4-3-5-9-18/h3-5,8-9,16-17,19H,6-7,10-15,21H2,1-2H3,(H,22,24). The number of nitrogens with two attached hydrogens (primary N) is 1. The number of piperidine rings is 1. The molecule has 1 aliphatic rings. The zero-order chi connectivity index (χ0) is 17.4. The topological polar surface area (TPSA) is 58.4 Å². The van der Waals surface area contributed by atoms with E-state index in [-0.39, 0.29) is 11.9 Å². The van der Waals surface area contributed by atoms with Crippen molar-refractivity contribution in [2.45, 2.75) is 45.6 Å². The summed E-state index contributed by atoms with van der Waals surface area (Å²) in [5, 5.41) is 3.00. The Labute approximate surface area is 146 Å². The summed E-state index contributed by atoms with van der Waals surface area (Å²) < 4.78 is 0. The Morgan fingerprint density at radius 2 is 1.88 bits per heavy atom. The molecule has 0 bridgehead atoms. The quantitative estimate of drug-likeness (QED) is 0.720. The number of carbonyl (C=O) groups is 1. The fourth-order valence-corrected chi connectivity index (χ4v) is 3.75. The molecule has 3 N–H and O–H groups in total. The Kier molecular flexibility index (Phi) is 7.73. The molecule has 0 aliphatic carbocycles. The van der Waals surface area contributed by atoms with E-state index in [2.05, 4.69) is 24.1 Å². The molecule has 24 heavy (non-hydrogen) atoms. The highest BCUT2D eigenvalue weighted by atomic mass is 16.1. The molecule has 4 nitrogen and oxygen atoms in total. The normalized spacial score (nSPS) is 23.0. The lowest BCUT2D eigenvalue weighted by atomic mass is 9.92. The third-order valence-electron chi connectivity index (χ3n) is 4.80. The zero-order valence-electron chi connectivity index (χ0n) is 15.2. The smallest absolute Gasteiger partial charge is 0.221 e. The van der Waals surface area contributed by atoms with Crippen LogP contribution in [0.2, 0.25) is 0 Å². The highest BCUT2D eigenvalue weighted by Crippen LogP contribution is 2.21. The second kappa shape index (κ2) is 9.80. The predicted molar refractivity (Wildman–Crippen MR) is 99.6 cm³/mol. The van der Waals surface area contributed by atoms with Crippen LogP contribution in [0, 0.1) is 11.8 Å². The molecule has 1 saturated heterocycles. The summed E-state index contributed by atoms with van der Waals surface area (Å²) in [6, 6.07) is 9.59. The number of likely N-dealkylation sites (tertiary alicyclic amines) is 1. The summed E-state index contributed by atoms with van der Waals surface area (Å²) in [6.45, 7) is 9.04. The molecule has 3 atom stereocenters. The van der Waals surface area contributed by atoms with Crippen molar-refractivity contribution in [2.75, 3.05) is 26.2 Å². The van der Waals surface area contributed by atoms with E-state index in [1.54, 1.807) is 0 Å². The molecule has 0 spiro atoms. The maximum Gasteiger partial charge on any atom is 0.221 e.